The molecule has 0 spiro atoms. The van der Waals surface area contributed by atoms with Crippen LogP contribution < -0.4 is 5.32 Å². The van der Waals surface area contributed by atoms with Gasteiger partial charge in [0.25, 0.3) is 0 Å². The van der Waals surface area contributed by atoms with Gasteiger partial charge in [0.1, 0.15) is 5.82 Å². The van der Waals surface area contributed by atoms with E-state index in [-0.39, 0.29) is 11.6 Å². The highest BCUT2D eigenvalue weighted by atomic mass is 32.1. The highest BCUT2D eigenvalue weighted by Crippen LogP contribution is 2.20. The van der Waals surface area contributed by atoms with Crippen molar-refractivity contribution in [2.24, 2.45) is 0 Å². The Bertz CT molecular complexity index is 569. The molecule has 0 radical (unpaired) electrons. The Hall–Kier alpha value is -1.88. The van der Waals surface area contributed by atoms with Crippen LogP contribution >= 0.6 is 11.3 Å². The topological polar surface area (TPSA) is 49.3 Å². The van der Waals surface area contributed by atoms with Crippen molar-refractivity contribution < 1.29 is 14.3 Å². The number of anilines is 1. The summed E-state index contributed by atoms with van der Waals surface area (Å²) in [7, 11) is 0. The van der Waals surface area contributed by atoms with E-state index in [0.29, 0.717) is 5.69 Å². The van der Waals surface area contributed by atoms with Crippen LogP contribution in [0.3, 0.4) is 0 Å². The van der Waals surface area contributed by atoms with E-state index in [0.717, 1.165) is 12.5 Å². The smallest absolute Gasteiger partial charge is 0.337 e. The lowest BCUT2D eigenvalue weighted by molar-refractivity contribution is 0.0697. The first-order valence-corrected chi connectivity index (χ1v) is 6.76. The van der Waals surface area contributed by atoms with Gasteiger partial charge in [0.15, 0.2) is 0 Å². The molecule has 2 aromatic rings. The predicted octanol–water partition coefficient (Wildman–Crippen LogP) is 3.63. The average molecular weight is 279 g/mol. The van der Waals surface area contributed by atoms with Gasteiger partial charge in [0, 0.05) is 23.0 Å². The summed E-state index contributed by atoms with van der Waals surface area (Å²) in [6, 6.07) is 7.83. The maximum absolute atomic E-state index is 13.1. The van der Waals surface area contributed by atoms with Crippen LogP contribution in [-0.2, 0) is 6.42 Å². The second-order valence-corrected chi connectivity index (χ2v) is 5.36. The monoisotopic (exact) mass is 279 g/mol. The van der Waals surface area contributed by atoms with E-state index in [1.165, 1.54) is 17.0 Å². The molecule has 0 amide bonds. The van der Waals surface area contributed by atoms with Gasteiger partial charge in [0.2, 0.25) is 0 Å². The summed E-state index contributed by atoms with van der Waals surface area (Å²) in [6.45, 7) is 1.97. The number of hydrogen-bond acceptors (Lipinski definition) is 3. The molecular weight excluding hydrogens is 265 g/mol. The van der Waals surface area contributed by atoms with Crippen molar-refractivity contribution in [2.45, 2.75) is 19.4 Å². The van der Waals surface area contributed by atoms with E-state index in [9.17, 15) is 9.18 Å². The van der Waals surface area contributed by atoms with Gasteiger partial charge in [-0.1, -0.05) is 6.07 Å². The van der Waals surface area contributed by atoms with E-state index >= 15 is 0 Å². The Morgan fingerprint density at radius 2 is 2.26 bits per heavy atom. The number of aromatic carboxylic acids is 1. The second kappa shape index (κ2) is 5.84. The molecule has 0 aliphatic carbocycles. The molecule has 100 valence electrons. The van der Waals surface area contributed by atoms with Crippen molar-refractivity contribution in [3.05, 3.63) is 52.0 Å². The molecule has 0 saturated heterocycles. The number of hydrogen-bond donors (Lipinski definition) is 2. The lowest BCUT2D eigenvalue weighted by Crippen LogP contribution is -2.19. The van der Waals surface area contributed by atoms with Gasteiger partial charge in [-0.15, -0.1) is 11.3 Å². The lowest BCUT2D eigenvalue weighted by Gasteiger charge is -2.16. The predicted molar refractivity (Wildman–Crippen MR) is 74.5 cm³/mol. The Balaban J connectivity index is 2.12. The molecule has 1 unspecified atom stereocenters. The summed E-state index contributed by atoms with van der Waals surface area (Å²) in [5.74, 6) is -1.68. The summed E-state index contributed by atoms with van der Waals surface area (Å²) < 4.78 is 13.1. The number of halogens is 1. The molecule has 1 heterocycles. The third-order valence-electron chi connectivity index (χ3n) is 2.70. The first-order valence-electron chi connectivity index (χ1n) is 5.88. The van der Waals surface area contributed by atoms with E-state index in [1.54, 1.807) is 11.3 Å². The summed E-state index contributed by atoms with van der Waals surface area (Å²) in [5, 5.41) is 14.2. The first-order chi connectivity index (χ1) is 9.06. The van der Waals surface area contributed by atoms with E-state index in [2.05, 4.69) is 5.32 Å². The zero-order valence-electron chi connectivity index (χ0n) is 10.4. The normalized spacial score (nSPS) is 12.1. The SMILES string of the molecule is CC(Cc1cccs1)Nc1ccc(F)cc1C(=O)O. The number of rotatable bonds is 5. The minimum Gasteiger partial charge on any atom is -0.478 e. The maximum Gasteiger partial charge on any atom is 0.337 e. The molecule has 0 aliphatic heterocycles. The molecule has 1 aromatic heterocycles. The average Bonchev–Trinajstić information content (AvgIpc) is 2.83. The van der Waals surface area contributed by atoms with Gasteiger partial charge in [-0.05, 0) is 36.6 Å². The fourth-order valence-corrected chi connectivity index (χ4v) is 2.70. The molecule has 0 fully saturated rings. The van der Waals surface area contributed by atoms with Gasteiger partial charge >= 0.3 is 5.97 Å². The number of carboxylic acids is 1. The number of nitrogens with one attached hydrogen (secondary N) is 1. The van der Waals surface area contributed by atoms with Crippen LogP contribution in [0.1, 0.15) is 22.2 Å². The van der Waals surface area contributed by atoms with Gasteiger partial charge in [-0.3, -0.25) is 0 Å². The highest BCUT2D eigenvalue weighted by Gasteiger charge is 2.13. The molecule has 0 aliphatic rings. The lowest BCUT2D eigenvalue weighted by atomic mass is 10.1. The van der Waals surface area contributed by atoms with Gasteiger partial charge in [0.05, 0.1) is 5.56 Å². The number of carbonyl (C=O) groups is 1. The number of benzene rings is 1. The molecule has 1 aromatic carbocycles. The molecule has 5 heteroatoms. The molecule has 1 atom stereocenters. The molecule has 0 saturated carbocycles. The summed E-state index contributed by atoms with van der Waals surface area (Å²) in [6.07, 6.45) is 0.800. The van der Waals surface area contributed by atoms with Crippen molar-refractivity contribution >= 4 is 23.0 Å². The first kappa shape index (κ1) is 13.5. The quantitative estimate of drug-likeness (QED) is 0.878. The molecule has 3 nitrogen and oxygen atoms in total. The Kier molecular flexibility index (Phi) is 4.16. The fourth-order valence-electron chi connectivity index (χ4n) is 1.87. The zero-order valence-corrected chi connectivity index (χ0v) is 11.2. The van der Waals surface area contributed by atoms with Crippen LogP contribution in [0, 0.1) is 5.82 Å². The van der Waals surface area contributed by atoms with E-state index < -0.39 is 11.8 Å². The van der Waals surface area contributed by atoms with E-state index in [1.807, 2.05) is 24.4 Å². The van der Waals surface area contributed by atoms with Crippen molar-refractivity contribution in [3.63, 3.8) is 0 Å². The van der Waals surface area contributed by atoms with Crippen molar-refractivity contribution in [1.82, 2.24) is 0 Å². The minimum absolute atomic E-state index is 0.0435. The van der Waals surface area contributed by atoms with Crippen molar-refractivity contribution in [1.29, 1.82) is 0 Å². The third kappa shape index (κ3) is 3.54. The van der Waals surface area contributed by atoms with E-state index in [4.69, 9.17) is 5.11 Å². The van der Waals surface area contributed by atoms with Gasteiger partial charge in [-0.25, -0.2) is 9.18 Å². The summed E-state index contributed by atoms with van der Waals surface area (Å²) >= 11 is 1.66. The van der Waals surface area contributed by atoms with Gasteiger partial charge in [-0.2, -0.15) is 0 Å². The molecule has 19 heavy (non-hydrogen) atoms. The van der Waals surface area contributed by atoms with Gasteiger partial charge < -0.3 is 10.4 Å². The van der Waals surface area contributed by atoms with Crippen LogP contribution in [0.25, 0.3) is 0 Å². The number of carboxylic acid groups (broad SMARTS) is 1. The van der Waals surface area contributed by atoms with Crippen LogP contribution in [-0.4, -0.2) is 17.1 Å². The summed E-state index contributed by atoms with van der Waals surface area (Å²) in [5.41, 5.74) is 0.399. The molecule has 2 rings (SSSR count). The highest BCUT2D eigenvalue weighted by molar-refractivity contribution is 7.09. The largest absolute Gasteiger partial charge is 0.478 e. The molecule has 2 N–H and O–H groups in total. The fraction of sp³-hybridized carbons (Fsp3) is 0.214. The standard InChI is InChI=1S/C14H14FNO2S/c1-9(7-11-3-2-6-19-11)16-13-5-4-10(15)8-12(13)14(17)18/h2-6,8-9,16H,7H2,1H3,(H,17,18). The molecular formula is C14H14FNO2S. The Morgan fingerprint density at radius 3 is 2.89 bits per heavy atom. The minimum atomic E-state index is -1.13. The zero-order chi connectivity index (χ0) is 13.8. The molecule has 0 bridgehead atoms. The van der Waals surface area contributed by atoms with Crippen molar-refractivity contribution in [3.8, 4) is 0 Å². The third-order valence-corrected chi connectivity index (χ3v) is 3.60. The Labute approximate surface area is 114 Å². The Morgan fingerprint density at radius 1 is 1.47 bits per heavy atom. The number of thiophene rings is 1. The summed E-state index contributed by atoms with van der Waals surface area (Å²) in [4.78, 5) is 12.3. The van der Waals surface area contributed by atoms with Crippen LogP contribution in [0.2, 0.25) is 0 Å². The maximum atomic E-state index is 13.1. The van der Waals surface area contributed by atoms with Crippen LogP contribution in [0.4, 0.5) is 10.1 Å². The van der Waals surface area contributed by atoms with Crippen LogP contribution in [0.5, 0.6) is 0 Å². The van der Waals surface area contributed by atoms with Crippen molar-refractivity contribution in [2.75, 3.05) is 5.32 Å². The second-order valence-electron chi connectivity index (χ2n) is 4.32. The van der Waals surface area contributed by atoms with Crippen LogP contribution in [0.15, 0.2) is 35.7 Å².